The number of imidazole rings is 1. The minimum absolute atomic E-state index is 0.0226. The second-order valence-electron chi connectivity index (χ2n) is 5.07. The van der Waals surface area contributed by atoms with E-state index < -0.39 is 18.8 Å². The van der Waals surface area contributed by atoms with E-state index in [1.165, 1.54) is 4.90 Å². The molecular weight excluding hydrogens is 259 g/mol. The summed E-state index contributed by atoms with van der Waals surface area (Å²) in [5.41, 5.74) is 0. The maximum Gasteiger partial charge on any atom is 0.401 e. The molecule has 108 valence electrons. The van der Waals surface area contributed by atoms with Crippen molar-refractivity contribution in [1.29, 1.82) is 0 Å². The number of hydrogen-bond acceptors (Lipinski definition) is 3. The van der Waals surface area contributed by atoms with Crippen LogP contribution in [0.2, 0.25) is 0 Å². The number of piperidine rings is 1. The minimum atomic E-state index is -4.15. The molecule has 1 aliphatic rings. The molecular formula is C12H18F3N3O. The van der Waals surface area contributed by atoms with Gasteiger partial charge in [0.15, 0.2) is 0 Å². The highest BCUT2D eigenvalue weighted by Gasteiger charge is 2.34. The van der Waals surface area contributed by atoms with E-state index in [1.54, 1.807) is 24.0 Å². The largest absolute Gasteiger partial charge is 0.401 e. The Hall–Kier alpha value is -1.08. The van der Waals surface area contributed by atoms with Crippen molar-refractivity contribution >= 4 is 0 Å². The summed E-state index contributed by atoms with van der Waals surface area (Å²) in [6.45, 7) is -0.129. The lowest BCUT2D eigenvalue weighted by Crippen LogP contribution is -2.41. The van der Waals surface area contributed by atoms with Gasteiger partial charge in [0, 0.05) is 19.4 Å². The summed E-state index contributed by atoms with van der Waals surface area (Å²) in [5.74, 6) is 0.555. The van der Waals surface area contributed by atoms with E-state index in [0.29, 0.717) is 31.8 Å². The first kappa shape index (κ1) is 14.3. The van der Waals surface area contributed by atoms with Crippen LogP contribution in [0.15, 0.2) is 12.4 Å². The molecule has 1 unspecified atom stereocenters. The highest BCUT2D eigenvalue weighted by molar-refractivity contribution is 4.98. The van der Waals surface area contributed by atoms with Crippen molar-refractivity contribution in [2.75, 3.05) is 19.6 Å². The number of halogens is 3. The van der Waals surface area contributed by atoms with Crippen molar-refractivity contribution in [3.05, 3.63) is 18.2 Å². The Morgan fingerprint density at radius 3 is 2.53 bits per heavy atom. The summed E-state index contributed by atoms with van der Waals surface area (Å²) in [4.78, 5) is 5.48. The molecule has 1 saturated heterocycles. The molecule has 1 aromatic rings. The van der Waals surface area contributed by atoms with Crippen LogP contribution in [0.4, 0.5) is 13.2 Å². The third-order valence-electron chi connectivity index (χ3n) is 3.60. The predicted octanol–water partition coefficient (Wildman–Crippen LogP) is 1.73. The third-order valence-corrected chi connectivity index (χ3v) is 3.60. The molecule has 0 radical (unpaired) electrons. The molecule has 19 heavy (non-hydrogen) atoms. The van der Waals surface area contributed by atoms with E-state index in [1.807, 2.05) is 0 Å². The first-order valence-corrected chi connectivity index (χ1v) is 6.31. The Balaban J connectivity index is 1.88. The Morgan fingerprint density at radius 2 is 2.05 bits per heavy atom. The van der Waals surface area contributed by atoms with Crippen LogP contribution < -0.4 is 0 Å². The first-order chi connectivity index (χ1) is 8.87. The molecule has 0 saturated carbocycles. The van der Waals surface area contributed by atoms with Crippen molar-refractivity contribution in [1.82, 2.24) is 14.5 Å². The molecule has 0 bridgehead atoms. The number of hydrogen-bond donors (Lipinski definition) is 1. The third kappa shape index (κ3) is 3.70. The highest BCUT2D eigenvalue weighted by Crippen LogP contribution is 2.30. The number of rotatable bonds is 3. The molecule has 1 atom stereocenters. The van der Waals surface area contributed by atoms with Crippen LogP contribution in [0.3, 0.4) is 0 Å². The van der Waals surface area contributed by atoms with E-state index in [0.717, 1.165) is 0 Å². The van der Waals surface area contributed by atoms with E-state index in [9.17, 15) is 18.3 Å². The van der Waals surface area contributed by atoms with Crippen molar-refractivity contribution in [3.63, 3.8) is 0 Å². The Labute approximate surface area is 109 Å². The fraction of sp³-hybridized carbons (Fsp3) is 0.750. The van der Waals surface area contributed by atoms with Crippen molar-refractivity contribution in [2.45, 2.75) is 25.1 Å². The van der Waals surface area contributed by atoms with Crippen LogP contribution >= 0.6 is 0 Å². The second kappa shape index (κ2) is 5.50. The summed E-state index contributed by atoms with van der Waals surface area (Å²) in [6.07, 6.45) is -0.373. The summed E-state index contributed by atoms with van der Waals surface area (Å²) in [6, 6.07) is 0. The molecule has 0 aromatic carbocycles. The van der Waals surface area contributed by atoms with Crippen LogP contribution in [0.1, 0.15) is 24.8 Å². The van der Waals surface area contributed by atoms with Gasteiger partial charge in [0.25, 0.3) is 0 Å². The molecule has 7 heteroatoms. The molecule has 0 aliphatic carbocycles. The van der Waals surface area contributed by atoms with Gasteiger partial charge in [-0.3, -0.25) is 4.90 Å². The molecule has 2 rings (SSSR count). The van der Waals surface area contributed by atoms with Gasteiger partial charge in [-0.1, -0.05) is 0 Å². The number of aliphatic hydroxyl groups is 1. The Bertz CT molecular complexity index is 411. The van der Waals surface area contributed by atoms with Gasteiger partial charge in [-0.05, 0) is 31.8 Å². The number of aromatic nitrogens is 2. The summed E-state index contributed by atoms with van der Waals surface area (Å²) in [5, 5.41) is 10.2. The quantitative estimate of drug-likeness (QED) is 0.914. The van der Waals surface area contributed by atoms with Gasteiger partial charge in [0.05, 0.1) is 6.54 Å². The zero-order valence-electron chi connectivity index (χ0n) is 10.8. The zero-order chi connectivity index (χ0) is 14.0. The molecule has 1 aliphatic heterocycles. The number of alkyl halides is 3. The van der Waals surface area contributed by atoms with Gasteiger partial charge in [0.1, 0.15) is 11.9 Å². The SMILES string of the molecule is Cn1ccnc1C(O)C1CCN(CC(F)(F)F)CC1. The van der Waals surface area contributed by atoms with Crippen LogP contribution in [0.5, 0.6) is 0 Å². The normalized spacial score (nSPS) is 20.7. The summed E-state index contributed by atoms with van der Waals surface area (Å²) < 4.78 is 38.5. The summed E-state index contributed by atoms with van der Waals surface area (Å²) >= 11 is 0. The predicted molar refractivity (Wildman–Crippen MR) is 63.4 cm³/mol. The molecule has 0 spiro atoms. The summed E-state index contributed by atoms with van der Waals surface area (Å²) in [7, 11) is 1.80. The standard InChI is InChI=1S/C12H18F3N3O/c1-17-7-4-16-11(17)10(19)9-2-5-18(6-3-9)8-12(13,14)15/h4,7,9-10,19H,2-3,5-6,8H2,1H3. The van der Waals surface area contributed by atoms with Crippen LogP contribution in [-0.2, 0) is 7.05 Å². The van der Waals surface area contributed by atoms with E-state index in [-0.39, 0.29) is 5.92 Å². The van der Waals surface area contributed by atoms with E-state index in [4.69, 9.17) is 0 Å². The number of likely N-dealkylation sites (tertiary alicyclic amines) is 1. The maximum absolute atomic E-state index is 12.3. The monoisotopic (exact) mass is 277 g/mol. The lowest BCUT2D eigenvalue weighted by Gasteiger charge is -2.34. The molecule has 0 amide bonds. The minimum Gasteiger partial charge on any atom is -0.385 e. The lowest BCUT2D eigenvalue weighted by molar-refractivity contribution is -0.149. The smallest absolute Gasteiger partial charge is 0.385 e. The number of aliphatic hydroxyl groups excluding tert-OH is 1. The fourth-order valence-electron chi connectivity index (χ4n) is 2.55. The van der Waals surface area contributed by atoms with Gasteiger partial charge in [-0.25, -0.2) is 4.98 Å². The number of aryl methyl sites for hydroxylation is 1. The topological polar surface area (TPSA) is 41.3 Å². The van der Waals surface area contributed by atoms with Gasteiger partial charge >= 0.3 is 6.18 Å². The number of nitrogens with zero attached hydrogens (tertiary/aromatic N) is 3. The molecule has 1 fully saturated rings. The second-order valence-corrected chi connectivity index (χ2v) is 5.07. The van der Waals surface area contributed by atoms with Gasteiger partial charge in [-0.2, -0.15) is 13.2 Å². The average molecular weight is 277 g/mol. The van der Waals surface area contributed by atoms with Gasteiger partial charge < -0.3 is 9.67 Å². The molecule has 4 nitrogen and oxygen atoms in total. The first-order valence-electron chi connectivity index (χ1n) is 6.31. The van der Waals surface area contributed by atoms with Crippen LogP contribution in [0.25, 0.3) is 0 Å². The maximum atomic E-state index is 12.3. The average Bonchev–Trinajstić information content (AvgIpc) is 2.73. The van der Waals surface area contributed by atoms with Gasteiger partial charge in [0.2, 0.25) is 0 Å². The van der Waals surface area contributed by atoms with Crippen LogP contribution in [-0.4, -0.2) is 45.4 Å². The van der Waals surface area contributed by atoms with Crippen LogP contribution in [0, 0.1) is 5.92 Å². The Kier molecular flexibility index (Phi) is 4.15. The molecule has 1 aromatic heterocycles. The zero-order valence-corrected chi connectivity index (χ0v) is 10.8. The molecule has 2 heterocycles. The highest BCUT2D eigenvalue weighted by atomic mass is 19.4. The van der Waals surface area contributed by atoms with Crippen molar-refractivity contribution < 1.29 is 18.3 Å². The van der Waals surface area contributed by atoms with Crippen molar-refractivity contribution in [3.8, 4) is 0 Å². The van der Waals surface area contributed by atoms with E-state index in [2.05, 4.69) is 4.98 Å². The fourth-order valence-corrected chi connectivity index (χ4v) is 2.55. The molecule has 1 N–H and O–H groups in total. The Morgan fingerprint density at radius 1 is 1.42 bits per heavy atom. The van der Waals surface area contributed by atoms with Gasteiger partial charge in [-0.15, -0.1) is 0 Å². The van der Waals surface area contributed by atoms with E-state index >= 15 is 0 Å². The lowest BCUT2D eigenvalue weighted by atomic mass is 9.90. The van der Waals surface area contributed by atoms with Crippen molar-refractivity contribution in [2.24, 2.45) is 13.0 Å².